The number of hydrogen-bond donors (Lipinski definition) is 4. The van der Waals surface area contributed by atoms with E-state index in [0.717, 1.165) is 0 Å². The summed E-state index contributed by atoms with van der Waals surface area (Å²) in [5.41, 5.74) is 5.29. The molecule has 5 atom stereocenters. The van der Waals surface area contributed by atoms with E-state index in [4.69, 9.17) is 25.1 Å². The van der Waals surface area contributed by atoms with E-state index in [-0.39, 0.29) is 24.5 Å². The minimum Gasteiger partial charge on any atom is -0.396 e. The Labute approximate surface area is 126 Å². The van der Waals surface area contributed by atoms with E-state index in [0.29, 0.717) is 46.0 Å². The molecular formula is C14H29NO6. The van der Waals surface area contributed by atoms with Gasteiger partial charge < -0.3 is 35.3 Å². The van der Waals surface area contributed by atoms with Gasteiger partial charge in [0.2, 0.25) is 0 Å². The molecule has 0 saturated heterocycles. The van der Waals surface area contributed by atoms with Gasteiger partial charge in [-0.3, -0.25) is 0 Å². The van der Waals surface area contributed by atoms with Crippen molar-refractivity contribution in [2.75, 3.05) is 46.2 Å². The molecule has 0 heterocycles. The molecule has 7 heteroatoms. The maximum atomic E-state index is 9.95. The third-order valence-electron chi connectivity index (χ3n) is 3.93. The maximum Gasteiger partial charge on any atom is 0.0855 e. The predicted octanol–water partition coefficient (Wildman–Crippen LogP) is -1.27. The van der Waals surface area contributed by atoms with Gasteiger partial charge in [0.25, 0.3) is 0 Å². The van der Waals surface area contributed by atoms with Crippen molar-refractivity contribution in [3.8, 4) is 0 Å². The van der Waals surface area contributed by atoms with Crippen molar-refractivity contribution in [1.29, 1.82) is 0 Å². The molecule has 0 amide bonds. The third-order valence-corrected chi connectivity index (χ3v) is 3.93. The number of aliphatic hydroxyl groups is 3. The Morgan fingerprint density at radius 2 is 1.67 bits per heavy atom. The van der Waals surface area contributed by atoms with E-state index in [1.807, 2.05) is 6.92 Å². The van der Waals surface area contributed by atoms with Gasteiger partial charge in [0.1, 0.15) is 0 Å². The SMILES string of the molecule is C[C@H](OCCOCCOCCN)C1CC(CO)C(O)C1O. The summed E-state index contributed by atoms with van der Waals surface area (Å²) in [5, 5.41) is 28.9. The highest BCUT2D eigenvalue weighted by molar-refractivity contribution is 4.93. The summed E-state index contributed by atoms with van der Waals surface area (Å²) in [4.78, 5) is 0. The lowest BCUT2D eigenvalue weighted by Gasteiger charge is -2.23. The van der Waals surface area contributed by atoms with Crippen LogP contribution in [0, 0.1) is 11.8 Å². The number of ether oxygens (including phenoxy) is 3. The summed E-state index contributed by atoms with van der Waals surface area (Å²) >= 11 is 0. The summed E-state index contributed by atoms with van der Waals surface area (Å²) in [5.74, 6) is -0.433. The first-order valence-electron chi connectivity index (χ1n) is 7.56. The van der Waals surface area contributed by atoms with Crippen LogP contribution in [0.5, 0.6) is 0 Å². The number of rotatable bonds is 11. The van der Waals surface area contributed by atoms with Crippen LogP contribution in [0.2, 0.25) is 0 Å². The Morgan fingerprint density at radius 3 is 2.24 bits per heavy atom. The molecule has 0 aliphatic heterocycles. The highest BCUT2D eigenvalue weighted by Gasteiger charge is 2.43. The Morgan fingerprint density at radius 1 is 1.05 bits per heavy atom. The molecular weight excluding hydrogens is 278 g/mol. The fourth-order valence-electron chi connectivity index (χ4n) is 2.63. The average Bonchev–Trinajstić information content (AvgIpc) is 2.77. The lowest BCUT2D eigenvalue weighted by molar-refractivity contribution is -0.0616. The van der Waals surface area contributed by atoms with Gasteiger partial charge >= 0.3 is 0 Å². The van der Waals surface area contributed by atoms with Gasteiger partial charge in [-0.1, -0.05) is 0 Å². The normalized spacial score (nSPS) is 30.7. The Kier molecular flexibility index (Phi) is 9.34. The van der Waals surface area contributed by atoms with Gasteiger partial charge in [-0.15, -0.1) is 0 Å². The van der Waals surface area contributed by atoms with Crippen molar-refractivity contribution in [3.05, 3.63) is 0 Å². The zero-order chi connectivity index (χ0) is 15.7. The molecule has 1 saturated carbocycles. The van der Waals surface area contributed by atoms with Crippen LogP contribution in [0.1, 0.15) is 13.3 Å². The molecule has 21 heavy (non-hydrogen) atoms. The fourth-order valence-corrected chi connectivity index (χ4v) is 2.63. The van der Waals surface area contributed by atoms with Crippen molar-refractivity contribution in [2.24, 2.45) is 17.6 Å². The number of aliphatic hydroxyl groups excluding tert-OH is 3. The quantitative estimate of drug-likeness (QED) is 0.352. The molecule has 7 nitrogen and oxygen atoms in total. The first-order valence-corrected chi connectivity index (χ1v) is 7.56. The van der Waals surface area contributed by atoms with Gasteiger partial charge in [0.05, 0.1) is 51.3 Å². The van der Waals surface area contributed by atoms with Crippen molar-refractivity contribution < 1.29 is 29.5 Å². The van der Waals surface area contributed by atoms with Crippen LogP contribution in [0.3, 0.4) is 0 Å². The van der Waals surface area contributed by atoms with Gasteiger partial charge in [-0.25, -0.2) is 0 Å². The molecule has 0 bridgehead atoms. The van der Waals surface area contributed by atoms with E-state index in [9.17, 15) is 10.2 Å². The van der Waals surface area contributed by atoms with Crippen LogP contribution >= 0.6 is 0 Å². The predicted molar refractivity (Wildman–Crippen MR) is 76.8 cm³/mol. The van der Waals surface area contributed by atoms with Crippen molar-refractivity contribution in [1.82, 2.24) is 0 Å². The second-order valence-electron chi connectivity index (χ2n) is 5.41. The molecule has 0 radical (unpaired) electrons. The molecule has 1 aliphatic carbocycles. The second-order valence-corrected chi connectivity index (χ2v) is 5.41. The minimum absolute atomic E-state index is 0.118. The van der Waals surface area contributed by atoms with E-state index in [1.165, 1.54) is 0 Å². The minimum atomic E-state index is -0.873. The monoisotopic (exact) mass is 307 g/mol. The van der Waals surface area contributed by atoms with Crippen molar-refractivity contribution in [2.45, 2.75) is 31.7 Å². The summed E-state index contributed by atoms with van der Waals surface area (Å²) in [6.07, 6.45) is -1.35. The lowest BCUT2D eigenvalue weighted by atomic mass is 9.99. The molecule has 1 rings (SSSR count). The Hall–Kier alpha value is -0.280. The van der Waals surface area contributed by atoms with Crippen LogP contribution in [0.25, 0.3) is 0 Å². The number of hydrogen-bond acceptors (Lipinski definition) is 7. The van der Waals surface area contributed by atoms with Crippen LogP contribution < -0.4 is 5.73 Å². The molecule has 0 aromatic heterocycles. The van der Waals surface area contributed by atoms with E-state index in [2.05, 4.69) is 0 Å². The first kappa shape index (κ1) is 18.8. The van der Waals surface area contributed by atoms with E-state index >= 15 is 0 Å². The highest BCUT2D eigenvalue weighted by atomic mass is 16.5. The maximum absolute atomic E-state index is 9.95. The molecule has 5 N–H and O–H groups in total. The third kappa shape index (κ3) is 6.15. The second kappa shape index (κ2) is 10.4. The summed E-state index contributed by atoms with van der Waals surface area (Å²) in [7, 11) is 0. The Bertz CT molecular complexity index is 268. The van der Waals surface area contributed by atoms with Crippen molar-refractivity contribution >= 4 is 0 Å². The van der Waals surface area contributed by atoms with Crippen LogP contribution in [-0.4, -0.2) is 79.8 Å². The Balaban J connectivity index is 2.10. The largest absolute Gasteiger partial charge is 0.396 e. The average molecular weight is 307 g/mol. The van der Waals surface area contributed by atoms with Gasteiger partial charge in [-0.05, 0) is 13.3 Å². The molecule has 1 fully saturated rings. The standard InChI is InChI=1S/C14H29NO6/c1-10(12-8-11(9-16)13(17)14(12)18)21-7-6-20-5-4-19-3-2-15/h10-14,16-18H,2-9,15H2,1H3/t10-,11?,12?,13?,14?/m0/s1. The molecule has 1 aliphatic rings. The zero-order valence-electron chi connectivity index (χ0n) is 12.7. The molecule has 0 aromatic carbocycles. The van der Waals surface area contributed by atoms with Crippen LogP contribution in [-0.2, 0) is 14.2 Å². The molecule has 0 aromatic rings. The van der Waals surface area contributed by atoms with E-state index < -0.39 is 12.2 Å². The zero-order valence-corrected chi connectivity index (χ0v) is 12.7. The van der Waals surface area contributed by atoms with Gasteiger partial charge in [-0.2, -0.15) is 0 Å². The topological polar surface area (TPSA) is 114 Å². The van der Waals surface area contributed by atoms with Gasteiger partial charge in [0, 0.05) is 25.0 Å². The fraction of sp³-hybridized carbons (Fsp3) is 1.00. The summed E-state index contributed by atoms with van der Waals surface area (Å²) in [6.45, 7) is 4.66. The summed E-state index contributed by atoms with van der Waals surface area (Å²) < 4.78 is 16.1. The molecule has 4 unspecified atom stereocenters. The van der Waals surface area contributed by atoms with Crippen LogP contribution in [0.4, 0.5) is 0 Å². The number of nitrogens with two attached hydrogens (primary N) is 1. The molecule has 0 spiro atoms. The first-order chi connectivity index (χ1) is 10.1. The van der Waals surface area contributed by atoms with Crippen molar-refractivity contribution in [3.63, 3.8) is 0 Å². The van der Waals surface area contributed by atoms with E-state index in [1.54, 1.807) is 0 Å². The van der Waals surface area contributed by atoms with Gasteiger partial charge in [0.15, 0.2) is 0 Å². The molecule has 126 valence electrons. The lowest BCUT2D eigenvalue weighted by Crippen LogP contribution is -2.34. The smallest absolute Gasteiger partial charge is 0.0855 e. The highest BCUT2D eigenvalue weighted by Crippen LogP contribution is 2.34. The van der Waals surface area contributed by atoms with Crippen LogP contribution in [0.15, 0.2) is 0 Å². The summed E-state index contributed by atoms with van der Waals surface area (Å²) in [6, 6.07) is 0.